The van der Waals surface area contributed by atoms with Crippen molar-refractivity contribution in [2.45, 2.75) is 55.7 Å². The van der Waals surface area contributed by atoms with Gasteiger partial charge in [0.25, 0.3) is 0 Å². The molecule has 0 saturated heterocycles. The lowest BCUT2D eigenvalue weighted by Crippen LogP contribution is -2.47. The Balaban J connectivity index is 1.33. The Morgan fingerprint density at radius 3 is 2.66 bits per heavy atom. The van der Waals surface area contributed by atoms with E-state index in [2.05, 4.69) is 26.6 Å². The van der Waals surface area contributed by atoms with Crippen molar-refractivity contribution in [2.24, 2.45) is 5.92 Å². The Hall–Kier alpha value is -1.89. The number of hydrogen-bond donors (Lipinski definition) is 3. The standard InChI is InChI=1S/C27H33BrFN3O4S2/c1-32(38(35,36)25-12-11-20(28)17-21(25)29)14-6-13-30-26(33)22(15-18-7-2-3-8-18)31-27(34)24-16-19-9-4-5-10-23(19)37-24/h4-5,9-12,16-18,22,27,31,34H,2-3,6-8,13-15H2,1H3,(H,30,33)/t22-,27?/m0/s1. The van der Waals surface area contributed by atoms with Crippen LogP contribution in [-0.2, 0) is 14.8 Å². The number of amides is 1. The molecule has 0 aliphatic heterocycles. The van der Waals surface area contributed by atoms with Gasteiger partial charge in [-0.1, -0.05) is 59.8 Å². The lowest BCUT2D eigenvalue weighted by atomic mass is 9.97. The van der Waals surface area contributed by atoms with Crippen LogP contribution < -0.4 is 10.6 Å². The highest BCUT2D eigenvalue weighted by molar-refractivity contribution is 9.10. The highest BCUT2D eigenvalue weighted by Gasteiger charge is 2.28. The van der Waals surface area contributed by atoms with Crippen molar-refractivity contribution in [3.05, 3.63) is 63.7 Å². The van der Waals surface area contributed by atoms with Crippen molar-refractivity contribution in [3.63, 3.8) is 0 Å². The molecule has 1 fully saturated rings. The average Bonchev–Trinajstić information content (AvgIpc) is 3.55. The lowest BCUT2D eigenvalue weighted by Gasteiger charge is -2.24. The van der Waals surface area contributed by atoms with Gasteiger partial charge in [-0.3, -0.25) is 10.1 Å². The molecular weight excluding hydrogens is 593 g/mol. The van der Waals surface area contributed by atoms with Crippen LogP contribution in [0, 0.1) is 11.7 Å². The van der Waals surface area contributed by atoms with Crippen LogP contribution in [0.2, 0.25) is 0 Å². The summed E-state index contributed by atoms with van der Waals surface area (Å²) in [7, 11) is -2.60. The zero-order chi connectivity index (χ0) is 27.3. The van der Waals surface area contributed by atoms with E-state index < -0.39 is 28.1 Å². The summed E-state index contributed by atoms with van der Waals surface area (Å²) in [5.74, 6) is -0.621. The molecule has 0 bridgehead atoms. The van der Waals surface area contributed by atoms with Gasteiger partial charge in [0.1, 0.15) is 16.9 Å². The Labute approximate surface area is 235 Å². The fourth-order valence-corrected chi connectivity index (χ4v) is 7.44. The maximum absolute atomic E-state index is 14.2. The van der Waals surface area contributed by atoms with Crippen LogP contribution in [0.4, 0.5) is 4.39 Å². The maximum atomic E-state index is 14.2. The number of fused-ring (bicyclic) bond motifs is 1. The van der Waals surface area contributed by atoms with Crippen molar-refractivity contribution in [1.82, 2.24) is 14.9 Å². The van der Waals surface area contributed by atoms with Crippen LogP contribution in [0.15, 0.2) is 57.9 Å². The second-order valence-electron chi connectivity index (χ2n) is 9.74. The predicted octanol–water partition coefficient (Wildman–Crippen LogP) is 5.16. The van der Waals surface area contributed by atoms with Crippen LogP contribution >= 0.6 is 27.3 Å². The van der Waals surface area contributed by atoms with E-state index >= 15 is 0 Å². The van der Waals surface area contributed by atoms with Crippen LogP contribution in [0.25, 0.3) is 10.1 Å². The van der Waals surface area contributed by atoms with Crippen LogP contribution in [0.5, 0.6) is 0 Å². The Bertz CT molecular complexity index is 1330. The first kappa shape index (κ1) is 29.1. The van der Waals surface area contributed by atoms with E-state index in [0.717, 1.165) is 51.0 Å². The van der Waals surface area contributed by atoms with Gasteiger partial charge in [-0.25, -0.2) is 17.1 Å². The molecule has 2 aromatic carbocycles. The monoisotopic (exact) mass is 625 g/mol. The molecule has 3 aromatic rings. The molecule has 38 heavy (non-hydrogen) atoms. The maximum Gasteiger partial charge on any atom is 0.245 e. The third-order valence-corrected chi connectivity index (χ3v) is 10.5. The number of hydrogen-bond acceptors (Lipinski definition) is 6. The Morgan fingerprint density at radius 1 is 1.21 bits per heavy atom. The predicted molar refractivity (Wildman–Crippen MR) is 152 cm³/mol. The topological polar surface area (TPSA) is 98.7 Å². The third-order valence-electron chi connectivity index (χ3n) is 6.96. The van der Waals surface area contributed by atoms with E-state index in [1.54, 1.807) is 0 Å². The fourth-order valence-electron chi connectivity index (χ4n) is 4.85. The highest BCUT2D eigenvalue weighted by Crippen LogP contribution is 2.31. The van der Waals surface area contributed by atoms with E-state index in [9.17, 15) is 22.7 Å². The van der Waals surface area contributed by atoms with Gasteiger partial charge in [-0.15, -0.1) is 11.3 Å². The first-order valence-corrected chi connectivity index (χ1v) is 15.8. The van der Waals surface area contributed by atoms with Crippen LogP contribution in [0.1, 0.15) is 49.6 Å². The molecule has 1 heterocycles. The molecule has 1 saturated carbocycles. The summed E-state index contributed by atoms with van der Waals surface area (Å²) in [5, 5.41) is 18.0. The van der Waals surface area contributed by atoms with Crippen LogP contribution in [-0.4, -0.2) is 49.9 Å². The summed E-state index contributed by atoms with van der Waals surface area (Å²) in [6, 6.07) is 13.1. The minimum absolute atomic E-state index is 0.114. The molecule has 11 heteroatoms. The molecule has 4 rings (SSSR count). The van der Waals surface area contributed by atoms with Crippen molar-refractivity contribution < 1.29 is 22.7 Å². The van der Waals surface area contributed by atoms with Crippen LogP contribution in [0.3, 0.4) is 0 Å². The summed E-state index contributed by atoms with van der Waals surface area (Å²) in [6.45, 7) is 0.368. The number of halogens is 2. The van der Waals surface area contributed by atoms with Gasteiger partial charge >= 0.3 is 0 Å². The van der Waals surface area contributed by atoms with Gasteiger partial charge in [0.05, 0.1) is 6.04 Å². The number of aliphatic hydroxyl groups is 1. The first-order valence-electron chi connectivity index (χ1n) is 12.8. The number of carbonyl (C=O) groups excluding carboxylic acids is 1. The minimum atomic E-state index is -4.00. The largest absolute Gasteiger partial charge is 0.373 e. The minimum Gasteiger partial charge on any atom is -0.373 e. The normalized spacial score (nSPS) is 16.2. The zero-order valence-corrected chi connectivity index (χ0v) is 24.4. The van der Waals surface area contributed by atoms with E-state index in [1.807, 2.05) is 30.3 Å². The zero-order valence-electron chi connectivity index (χ0n) is 21.2. The quantitative estimate of drug-likeness (QED) is 0.191. The average molecular weight is 627 g/mol. The molecule has 3 N–H and O–H groups in total. The van der Waals surface area contributed by atoms with Gasteiger partial charge in [0.2, 0.25) is 15.9 Å². The lowest BCUT2D eigenvalue weighted by molar-refractivity contribution is -0.124. The molecular formula is C27H33BrFN3O4S2. The Kier molecular flexibility index (Phi) is 9.94. The fraction of sp³-hybridized carbons (Fsp3) is 0.444. The number of nitrogens with one attached hydrogen (secondary N) is 2. The Morgan fingerprint density at radius 2 is 1.95 bits per heavy atom. The molecule has 206 valence electrons. The molecule has 1 aliphatic carbocycles. The van der Waals surface area contributed by atoms with Gasteiger partial charge in [0, 0.05) is 34.2 Å². The molecule has 1 amide bonds. The molecule has 7 nitrogen and oxygen atoms in total. The smallest absolute Gasteiger partial charge is 0.245 e. The molecule has 0 radical (unpaired) electrons. The summed E-state index contributed by atoms with van der Waals surface area (Å²) in [4.78, 5) is 13.5. The number of carbonyl (C=O) groups is 1. The highest BCUT2D eigenvalue weighted by atomic mass is 79.9. The SMILES string of the molecule is CN(CCCNC(=O)[C@H](CC1CCCC1)NC(O)c1cc2ccccc2s1)S(=O)(=O)c1ccc(Br)cc1F. The molecule has 0 spiro atoms. The molecule has 2 atom stereocenters. The number of sulfonamides is 1. The summed E-state index contributed by atoms with van der Waals surface area (Å²) in [6.07, 6.45) is 4.45. The van der Waals surface area contributed by atoms with Gasteiger partial charge < -0.3 is 10.4 Å². The summed E-state index contributed by atoms with van der Waals surface area (Å²) >= 11 is 4.62. The van der Waals surface area contributed by atoms with E-state index in [-0.39, 0.29) is 23.9 Å². The van der Waals surface area contributed by atoms with Gasteiger partial charge in [-0.2, -0.15) is 0 Å². The van der Waals surface area contributed by atoms with Crippen molar-refractivity contribution in [2.75, 3.05) is 20.1 Å². The van der Waals surface area contributed by atoms with E-state index in [4.69, 9.17) is 0 Å². The first-order chi connectivity index (χ1) is 18.1. The summed E-state index contributed by atoms with van der Waals surface area (Å²) < 4.78 is 42.4. The molecule has 1 aliphatic rings. The third kappa shape index (κ3) is 7.19. The second-order valence-corrected chi connectivity index (χ2v) is 13.8. The molecule has 1 unspecified atom stereocenters. The number of nitrogens with zero attached hydrogens (tertiary/aromatic N) is 1. The number of benzene rings is 2. The van der Waals surface area contributed by atoms with E-state index in [1.165, 1.54) is 30.5 Å². The van der Waals surface area contributed by atoms with Crippen molar-refractivity contribution in [1.29, 1.82) is 0 Å². The second kappa shape index (κ2) is 13.0. The van der Waals surface area contributed by atoms with Crippen molar-refractivity contribution in [3.8, 4) is 0 Å². The molecule has 1 aromatic heterocycles. The van der Waals surface area contributed by atoms with E-state index in [0.29, 0.717) is 23.2 Å². The van der Waals surface area contributed by atoms with Gasteiger partial charge in [-0.05, 0) is 54.5 Å². The van der Waals surface area contributed by atoms with Gasteiger partial charge in [0.15, 0.2) is 0 Å². The number of aliphatic hydroxyl groups excluding tert-OH is 1. The number of rotatable bonds is 12. The van der Waals surface area contributed by atoms with Crippen molar-refractivity contribution >= 4 is 53.3 Å². The number of thiophene rings is 1. The summed E-state index contributed by atoms with van der Waals surface area (Å²) in [5.41, 5.74) is 0.